The Morgan fingerprint density at radius 1 is 1.30 bits per heavy atom. The smallest absolute Gasteiger partial charge is 0.241 e. The molecule has 1 aromatic carbocycles. The predicted octanol–water partition coefficient (Wildman–Crippen LogP) is 1.65. The van der Waals surface area contributed by atoms with Crippen molar-refractivity contribution in [2.45, 2.75) is 25.3 Å². The van der Waals surface area contributed by atoms with E-state index in [1.54, 1.807) is 37.8 Å². The number of benzene rings is 1. The summed E-state index contributed by atoms with van der Waals surface area (Å²) in [4.78, 5) is 0.120. The van der Waals surface area contributed by atoms with Crippen molar-refractivity contribution in [3.05, 3.63) is 47.0 Å². The monoisotopic (exact) mass is 297 g/mol. The molecule has 20 heavy (non-hydrogen) atoms. The molecule has 1 N–H and O–H groups in total. The Morgan fingerprint density at radius 2 is 1.90 bits per heavy atom. The van der Waals surface area contributed by atoms with Crippen LogP contribution in [0.2, 0.25) is 0 Å². The van der Waals surface area contributed by atoms with Gasteiger partial charge in [-0.3, -0.25) is 4.68 Å². The lowest BCUT2D eigenvalue weighted by atomic mass is 10.1. The zero-order chi connectivity index (χ0) is 14.9. The van der Waals surface area contributed by atoms with Gasteiger partial charge in [0.25, 0.3) is 0 Å². The maximum Gasteiger partial charge on any atom is 0.241 e. The third-order valence-corrected chi connectivity index (χ3v) is 4.61. The summed E-state index contributed by atoms with van der Waals surface area (Å²) in [6, 6.07) is 4.15. The van der Waals surface area contributed by atoms with E-state index >= 15 is 0 Å². The Bertz CT molecular complexity index is 715. The Kier molecular flexibility index (Phi) is 3.92. The Hall–Kier alpha value is -1.73. The van der Waals surface area contributed by atoms with Gasteiger partial charge in [-0.2, -0.15) is 5.10 Å². The topological polar surface area (TPSA) is 64.0 Å². The molecule has 5 nitrogen and oxygen atoms in total. The molecule has 0 saturated carbocycles. The van der Waals surface area contributed by atoms with Crippen LogP contribution < -0.4 is 4.72 Å². The van der Waals surface area contributed by atoms with Crippen molar-refractivity contribution >= 4 is 10.0 Å². The molecule has 0 atom stereocenters. The quantitative estimate of drug-likeness (QED) is 0.933. The zero-order valence-electron chi connectivity index (χ0n) is 11.5. The van der Waals surface area contributed by atoms with E-state index in [2.05, 4.69) is 9.82 Å². The first kappa shape index (κ1) is 14.7. The molecule has 0 unspecified atom stereocenters. The average Bonchev–Trinajstić information content (AvgIpc) is 2.71. The molecule has 0 aliphatic heterocycles. The largest absolute Gasteiger partial charge is 0.276 e. The summed E-state index contributed by atoms with van der Waals surface area (Å²) >= 11 is 0. The Morgan fingerprint density at radius 3 is 2.40 bits per heavy atom. The van der Waals surface area contributed by atoms with Crippen LogP contribution in [0.1, 0.15) is 16.8 Å². The number of hydrogen-bond donors (Lipinski definition) is 1. The molecule has 0 aliphatic carbocycles. The minimum absolute atomic E-state index is 0.0967. The van der Waals surface area contributed by atoms with Crippen LogP contribution in [0.3, 0.4) is 0 Å². The number of sulfonamides is 1. The molecular weight excluding hydrogens is 281 g/mol. The molecule has 0 aliphatic rings. The van der Waals surface area contributed by atoms with Gasteiger partial charge in [-0.1, -0.05) is 0 Å². The van der Waals surface area contributed by atoms with Gasteiger partial charge in [0.1, 0.15) is 5.82 Å². The second kappa shape index (κ2) is 5.34. The minimum atomic E-state index is -3.69. The SMILES string of the molecule is Cc1cc(F)cc(C)c1S(=O)(=O)NCc1ccn(C)n1. The lowest BCUT2D eigenvalue weighted by Gasteiger charge is -2.11. The van der Waals surface area contributed by atoms with Crippen LogP contribution in [0.25, 0.3) is 0 Å². The number of hydrogen-bond acceptors (Lipinski definition) is 3. The highest BCUT2D eigenvalue weighted by Gasteiger charge is 2.20. The van der Waals surface area contributed by atoms with Crippen molar-refractivity contribution < 1.29 is 12.8 Å². The van der Waals surface area contributed by atoms with E-state index in [0.717, 1.165) is 0 Å². The van der Waals surface area contributed by atoms with E-state index in [0.29, 0.717) is 16.8 Å². The summed E-state index contributed by atoms with van der Waals surface area (Å²) in [5.74, 6) is -0.441. The number of nitrogens with one attached hydrogen (secondary N) is 1. The van der Waals surface area contributed by atoms with Crippen molar-refractivity contribution in [2.75, 3.05) is 0 Å². The van der Waals surface area contributed by atoms with Crippen molar-refractivity contribution in [1.29, 1.82) is 0 Å². The molecule has 0 spiro atoms. The molecule has 0 bridgehead atoms. The van der Waals surface area contributed by atoms with Crippen LogP contribution in [0.15, 0.2) is 29.3 Å². The van der Waals surface area contributed by atoms with Crippen molar-refractivity contribution in [3.63, 3.8) is 0 Å². The summed E-state index contributed by atoms with van der Waals surface area (Å²) in [6.45, 7) is 3.25. The van der Waals surface area contributed by atoms with Crippen molar-refractivity contribution in [1.82, 2.24) is 14.5 Å². The molecular formula is C13H16FN3O2S. The fraction of sp³-hybridized carbons (Fsp3) is 0.308. The van der Waals surface area contributed by atoms with Crippen LogP contribution >= 0.6 is 0 Å². The normalized spacial score (nSPS) is 11.8. The first-order chi connectivity index (χ1) is 9.29. The van der Waals surface area contributed by atoms with E-state index in [-0.39, 0.29) is 11.4 Å². The molecule has 2 aromatic rings. The Balaban J connectivity index is 2.27. The zero-order valence-corrected chi connectivity index (χ0v) is 12.3. The van der Waals surface area contributed by atoms with E-state index in [4.69, 9.17) is 0 Å². The second-order valence-electron chi connectivity index (χ2n) is 4.67. The Labute approximate surface area is 117 Å². The van der Waals surface area contributed by atoms with Crippen LogP contribution in [-0.4, -0.2) is 18.2 Å². The van der Waals surface area contributed by atoms with Gasteiger partial charge in [0.2, 0.25) is 10.0 Å². The average molecular weight is 297 g/mol. The molecule has 108 valence electrons. The standard InChI is InChI=1S/C13H16FN3O2S/c1-9-6-11(14)7-10(2)13(9)20(18,19)15-8-12-4-5-17(3)16-12/h4-7,15H,8H2,1-3H3. The first-order valence-electron chi connectivity index (χ1n) is 6.04. The highest BCUT2D eigenvalue weighted by Crippen LogP contribution is 2.21. The van der Waals surface area contributed by atoms with Gasteiger partial charge < -0.3 is 0 Å². The molecule has 0 amide bonds. The summed E-state index contributed by atoms with van der Waals surface area (Å²) < 4.78 is 41.9. The first-order valence-corrected chi connectivity index (χ1v) is 7.53. The van der Waals surface area contributed by atoms with Gasteiger partial charge >= 0.3 is 0 Å². The van der Waals surface area contributed by atoms with Gasteiger partial charge in [0, 0.05) is 13.2 Å². The molecule has 0 saturated heterocycles. The van der Waals surface area contributed by atoms with E-state index in [1.165, 1.54) is 12.1 Å². The predicted molar refractivity (Wildman–Crippen MR) is 73.1 cm³/mol. The maximum absolute atomic E-state index is 13.2. The summed E-state index contributed by atoms with van der Waals surface area (Å²) in [6.07, 6.45) is 1.73. The summed E-state index contributed by atoms with van der Waals surface area (Å²) in [5, 5.41) is 4.10. The van der Waals surface area contributed by atoms with E-state index in [9.17, 15) is 12.8 Å². The number of aromatic nitrogens is 2. The van der Waals surface area contributed by atoms with Crippen LogP contribution in [0, 0.1) is 19.7 Å². The number of aryl methyl sites for hydroxylation is 3. The molecule has 7 heteroatoms. The summed E-state index contributed by atoms with van der Waals surface area (Å²) in [5.41, 5.74) is 1.39. The number of nitrogens with zero attached hydrogens (tertiary/aromatic N) is 2. The summed E-state index contributed by atoms with van der Waals surface area (Å²) in [7, 11) is -1.94. The van der Waals surface area contributed by atoms with Gasteiger partial charge in [0.05, 0.1) is 17.1 Å². The van der Waals surface area contributed by atoms with Gasteiger partial charge in [0.15, 0.2) is 0 Å². The van der Waals surface area contributed by atoms with E-state index < -0.39 is 15.8 Å². The molecule has 2 rings (SSSR count). The van der Waals surface area contributed by atoms with Crippen molar-refractivity contribution in [2.24, 2.45) is 7.05 Å². The lowest BCUT2D eigenvalue weighted by molar-refractivity contribution is 0.576. The third kappa shape index (κ3) is 3.05. The highest BCUT2D eigenvalue weighted by molar-refractivity contribution is 7.89. The number of halogens is 1. The molecule has 0 radical (unpaired) electrons. The van der Waals surface area contributed by atoms with Gasteiger partial charge in [-0.25, -0.2) is 17.5 Å². The second-order valence-corrected chi connectivity index (χ2v) is 6.38. The van der Waals surface area contributed by atoms with Gasteiger partial charge in [-0.05, 0) is 43.2 Å². The number of rotatable bonds is 4. The fourth-order valence-corrected chi connectivity index (χ4v) is 3.57. The highest BCUT2D eigenvalue weighted by atomic mass is 32.2. The molecule has 0 fully saturated rings. The molecule has 1 heterocycles. The lowest BCUT2D eigenvalue weighted by Crippen LogP contribution is -2.25. The minimum Gasteiger partial charge on any atom is -0.276 e. The third-order valence-electron chi connectivity index (χ3n) is 2.91. The van der Waals surface area contributed by atoms with E-state index in [1.807, 2.05) is 0 Å². The molecule has 1 aromatic heterocycles. The van der Waals surface area contributed by atoms with Crippen LogP contribution in [-0.2, 0) is 23.6 Å². The maximum atomic E-state index is 13.2. The van der Waals surface area contributed by atoms with Crippen LogP contribution in [0.4, 0.5) is 4.39 Å². The fourth-order valence-electron chi connectivity index (χ4n) is 2.12. The van der Waals surface area contributed by atoms with Crippen molar-refractivity contribution in [3.8, 4) is 0 Å². The van der Waals surface area contributed by atoms with Gasteiger partial charge in [-0.15, -0.1) is 0 Å². The van der Waals surface area contributed by atoms with Crippen LogP contribution in [0.5, 0.6) is 0 Å².